The molecule has 0 heterocycles. The van der Waals surface area contributed by atoms with Gasteiger partial charge in [-0.25, -0.2) is 0 Å². The molecule has 0 radical (unpaired) electrons. The van der Waals surface area contributed by atoms with Gasteiger partial charge in [0.2, 0.25) is 0 Å². The first-order chi connectivity index (χ1) is 16.7. The fourth-order valence-electron chi connectivity index (χ4n) is 3.82. The van der Waals surface area contributed by atoms with Crippen molar-refractivity contribution < 1.29 is 0 Å². The van der Waals surface area contributed by atoms with Gasteiger partial charge in [0.1, 0.15) is 0 Å². The summed E-state index contributed by atoms with van der Waals surface area (Å²) in [4.78, 5) is 0. The highest BCUT2D eigenvalue weighted by Gasteiger charge is 2.14. The van der Waals surface area contributed by atoms with E-state index in [1.807, 2.05) is 48.5 Å². The number of allylic oxidation sites excluding steroid dienone is 6. The Morgan fingerprint density at radius 3 is 1.12 bits per heavy atom. The summed E-state index contributed by atoms with van der Waals surface area (Å²) in [5, 5.41) is 0. The summed E-state index contributed by atoms with van der Waals surface area (Å²) >= 11 is 0. The van der Waals surface area contributed by atoms with Crippen molar-refractivity contribution in [2.24, 2.45) is 0 Å². The van der Waals surface area contributed by atoms with Crippen LogP contribution >= 0.6 is 0 Å². The fraction of sp³-hybridized carbons (Fsp3) is 0. The topological polar surface area (TPSA) is 0 Å². The van der Waals surface area contributed by atoms with E-state index in [1.165, 1.54) is 0 Å². The van der Waals surface area contributed by atoms with E-state index in [9.17, 15) is 0 Å². The summed E-state index contributed by atoms with van der Waals surface area (Å²) in [5.74, 6) is 0. The Balaban J connectivity index is 1.89. The van der Waals surface area contributed by atoms with Gasteiger partial charge in [-0.2, -0.15) is 0 Å². The number of benzene rings is 4. The van der Waals surface area contributed by atoms with E-state index in [1.54, 1.807) is 0 Å². The van der Waals surface area contributed by atoms with Crippen molar-refractivity contribution in [3.63, 3.8) is 0 Å². The van der Waals surface area contributed by atoms with Gasteiger partial charge in [-0.15, -0.1) is 0 Å². The Morgan fingerprint density at radius 2 is 0.765 bits per heavy atom. The van der Waals surface area contributed by atoms with Gasteiger partial charge < -0.3 is 0 Å². The first kappa shape index (κ1) is 22.8. The van der Waals surface area contributed by atoms with Crippen LogP contribution in [0.3, 0.4) is 0 Å². The van der Waals surface area contributed by atoms with Crippen molar-refractivity contribution in [1.29, 1.82) is 0 Å². The standard InChI is InChI=1S/C34H28/c1-27(31-19-11-5-12-20-31)34(28(2)32-21-13-6-14-22-32)33(25-23-29-15-7-3-8-16-29)26-24-30-17-9-4-10-18-30/h3-26H,1-2H2/b25-23+,26-24+. The van der Waals surface area contributed by atoms with E-state index in [4.69, 9.17) is 0 Å². The van der Waals surface area contributed by atoms with Crippen molar-refractivity contribution in [2.45, 2.75) is 0 Å². The van der Waals surface area contributed by atoms with Gasteiger partial charge in [0, 0.05) is 0 Å². The van der Waals surface area contributed by atoms with E-state index < -0.39 is 0 Å². The Morgan fingerprint density at radius 1 is 0.441 bits per heavy atom. The second-order valence-electron chi connectivity index (χ2n) is 8.01. The second-order valence-corrected chi connectivity index (χ2v) is 8.01. The molecule has 164 valence electrons. The molecule has 0 nitrogen and oxygen atoms in total. The van der Waals surface area contributed by atoms with E-state index in [-0.39, 0.29) is 0 Å². The maximum absolute atomic E-state index is 4.52. The molecule has 0 spiro atoms. The third-order valence-corrected chi connectivity index (χ3v) is 5.65. The summed E-state index contributed by atoms with van der Waals surface area (Å²) in [5.41, 5.74) is 8.40. The SMILES string of the molecule is C=C(C(C(=C)c1ccccc1)=C(/C=C/c1ccccc1)/C=C/c1ccccc1)c1ccccc1. The predicted octanol–water partition coefficient (Wildman–Crippen LogP) is 9.14. The van der Waals surface area contributed by atoms with Crippen LogP contribution in [0.2, 0.25) is 0 Å². The van der Waals surface area contributed by atoms with Crippen LogP contribution in [0, 0.1) is 0 Å². The summed E-state index contributed by atoms with van der Waals surface area (Å²) in [6.45, 7) is 9.03. The zero-order valence-electron chi connectivity index (χ0n) is 19.3. The minimum absolute atomic E-state index is 0.944. The maximum atomic E-state index is 4.52. The molecule has 0 aliphatic heterocycles. The molecular formula is C34H28. The average Bonchev–Trinajstić information content (AvgIpc) is 2.92. The molecule has 0 fully saturated rings. The van der Waals surface area contributed by atoms with Gasteiger partial charge in [-0.05, 0) is 44.5 Å². The lowest BCUT2D eigenvalue weighted by Crippen LogP contribution is -1.97. The Bertz CT molecular complexity index is 1220. The monoisotopic (exact) mass is 436 g/mol. The quantitative estimate of drug-likeness (QED) is 0.242. The smallest absolute Gasteiger partial charge is 0.00387 e. The highest BCUT2D eigenvalue weighted by atomic mass is 14.2. The molecule has 0 atom stereocenters. The molecule has 4 aromatic rings. The fourth-order valence-corrected chi connectivity index (χ4v) is 3.82. The van der Waals surface area contributed by atoms with Gasteiger partial charge >= 0.3 is 0 Å². The molecule has 0 bridgehead atoms. The van der Waals surface area contributed by atoms with Crippen LogP contribution in [-0.2, 0) is 0 Å². The number of hydrogen-bond acceptors (Lipinski definition) is 0. The molecule has 0 saturated carbocycles. The first-order valence-corrected chi connectivity index (χ1v) is 11.4. The Kier molecular flexibility index (Phi) is 7.66. The van der Waals surface area contributed by atoms with Crippen molar-refractivity contribution >= 4 is 23.3 Å². The van der Waals surface area contributed by atoms with E-state index >= 15 is 0 Å². The highest BCUT2D eigenvalue weighted by Crippen LogP contribution is 2.36. The van der Waals surface area contributed by atoms with Crippen LogP contribution in [0.1, 0.15) is 22.3 Å². The van der Waals surface area contributed by atoms with Crippen LogP contribution < -0.4 is 0 Å². The molecule has 0 aromatic heterocycles. The van der Waals surface area contributed by atoms with Gasteiger partial charge in [-0.3, -0.25) is 0 Å². The molecule has 0 amide bonds. The third kappa shape index (κ3) is 5.88. The minimum Gasteiger partial charge on any atom is -0.0905 e. The van der Waals surface area contributed by atoms with Crippen molar-refractivity contribution in [2.75, 3.05) is 0 Å². The molecule has 0 unspecified atom stereocenters. The first-order valence-electron chi connectivity index (χ1n) is 11.4. The summed E-state index contributed by atoms with van der Waals surface area (Å²) in [6, 6.07) is 41.3. The molecule has 34 heavy (non-hydrogen) atoms. The molecule has 0 N–H and O–H groups in total. The summed E-state index contributed by atoms with van der Waals surface area (Å²) in [6.07, 6.45) is 8.60. The number of rotatable bonds is 8. The third-order valence-electron chi connectivity index (χ3n) is 5.65. The molecule has 4 rings (SSSR count). The van der Waals surface area contributed by atoms with Crippen LogP contribution in [0.5, 0.6) is 0 Å². The van der Waals surface area contributed by atoms with E-state index in [2.05, 4.69) is 110 Å². The molecule has 0 aliphatic rings. The molecule has 0 aliphatic carbocycles. The molecule has 0 heteroatoms. The van der Waals surface area contributed by atoms with Crippen molar-refractivity contribution in [3.05, 3.63) is 180 Å². The van der Waals surface area contributed by atoms with Gasteiger partial charge in [0.25, 0.3) is 0 Å². The van der Waals surface area contributed by atoms with Crippen molar-refractivity contribution in [3.8, 4) is 0 Å². The average molecular weight is 437 g/mol. The zero-order chi connectivity index (χ0) is 23.6. The normalized spacial score (nSPS) is 10.9. The van der Waals surface area contributed by atoms with Gasteiger partial charge in [0.05, 0.1) is 0 Å². The lowest BCUT2D eigenvalue weighted by atomic mass is 9.86. The Labute approximate surface area is 203 Å². The van der Waals surface area contributed by atoms with Crippen LogP contribution in [0.4, 0.5) is 0 Å². The highest BCUT2D eigenvalue weighted by molar-refractivity contribution is 5.99. The largest absolute Gasteiger partial charge is 0.0905 e. The summed E-state index contributed by atoms with van der Waals surface area (Å²) in [7, 11) is 0. The van der Waals surface area contributed by atoms with Gasteiger partial charge in [-0.1, -0.05) is 159 Å². The Hall–Kier alpha value is -4.42. The summed E-state index contributed by atoms with van der Waals surface area (Å²) < 4.78 is 0. The zero-order valence-corrected chi connectivity index (χ0v) is 19.3. The lowest BCUT2D eigenvalue weighted by Gasteiger charge is -2.18. The van der Waals surface area contributed by atoms with Gasteiger partial charge in [0.15, 0.2) is 0 Å². The van der Waals surface area contributed by atoms with E-state index in [0.717, 1.165) is 44.5 Å². The maximum Gasteiger partial charge on any atom is -0.00387 e. The minimum atomic E-state index is 0.944. The van der Waals surface area contributed by atoms with Crippen LogP contribution in [-0.4, -0.2) is 0 Å². The molecular weight excluding hydrogens is 408 g/mol. The second kappa shape index (κ2) is 11.4. The molecule has 4 aromatic carbocycles. The van der Waals surface area contributed by atoms with Crippen molar-refractivity contribution in [1.82, 2.24) is 0 Å². The predicted molar refractivity (Wildman–Crippen MR) is 149 cm³/mol. The van der Waals surface area contributed by atoms with Crippen LogP contribution in [0.25, 0.3) is 23.3 Å². The lowest BCUT2D eigenvalue weighted by molar-refractivity contribution is 1.52. The number of hydrogen-bond donors (Lipinski definition) is 0. The van der Waals surface area contributed by atoms with E-state index in [0.29, 0.717) is 0 Å². The molecule has 0 saturated heterocycles. The van der Waals surface area contributed by atoms with Crippen LogP contribution in [0.15, 0.2) is 158 Å².